The first-order valence-corrected chi connectivity index (χ1v) is 7.44. The highest BCUT2D eigenvalue weighted by Crippen LogP contribution is 2.27. The van der Waals surface area contributed by atoms with E-state index in [1.165, 1.54) is 22.5 Å². The van der Waals surface area contributed by atoms with Gasteiger partial charge in [-0.15, -0.1) is 0 Å². The van der Waals surface area contributed by atoms with Gasteiger partial charge in [0.25, 0.3) is 0 Å². The smallest absolute Gasteiger partial charge is 0.119 e. The van der Waals surface area contributed by atoms with Crippen LogP contribution in [0, 0.1) is 0 Å². The van der Waals surface area contributed by atoms with Crippen molar-refractivity contribution in [2.75, 3.05) is 11.9 Å². The van der Waals surface area contributed by atoms with Crippen LogP contribution in [0.4, 0.5) is 5.00 Å². The molecule has 0 fully saturated rings. The summed E-state index contributed by atoms with van der Waals surface area (Å²) in [7, 11) is 0. The third kappa shape index (κ3) is 2.75. The van der Waals surface area contributed by atoms with E-state index < -0.39 is 0 Å². The third-order valence-corrected chi connectivity index (χ3v) is 3.88. The maximum atomic E-state index is 5.52. The molecule has 3 rings (SSSR count). The average molecular weight is 284 g/mol. The fourth-order valence-electron chi connectivity index (χ4n) is 2.11. The van der Waals surface area contributed by atoms with Gasteiger partial charge >= 0.3 is 0 Å². The lowest BCUT2D eigenvalue weighted by atomic mass is 10.2. The van der Waals surface area contributed by atoms with E-state index in [1.807, 2.05) is 37.3 Å². The van der Waals surface area contributed by atoms with Gasteiger partial charge < -0.3 is 10.1 Å². The number of hydrogen-bond acceptors (Lipinski definition) is 4. The van der Waals surface area contributed by atoms with Gasteiger partial charge in [-0.1, -0.05) is 24.3 Å². The Labute approximate surface area is 122 Å². The van der Waals surface area contributed by atoms with Gasteiger partial charge in [0.15, 0.2) is 0 Å². The van der Waals surface area contributed by atoms with Crippen LogP contribution in [0.5, 0.6) is 5.75 Å². The molecule has 1 N–H and O–H groups in total. The minimum absolute atomic E-state index is 0.691. The molecule has 0 saturated heterocycles. The highest BCUT2D eigenvalue weighted by atomic mass is 32.1. The molecule has 2 aromatic carbocycles. The molecule has 0 bridgehead atoms. The number of anilines is 1. The Morgan fingerprint density at radius 3 is 2.95 bits per heavy atom. The molecule has 1 aromatic heterocycles. The summed E-state index contributed by atoms with van der Waals surface area (Å²) in [6.07, 6.45) is 0. The molecule has 4 heteroatoms. The number of benzene rings is 2. The molecule has 3 nitrogen and oxygen atoms in total. The quantitative estimate of drug-likeness (QED) is 0.758. The Kier molecular flexibility index (Phi) is 3.83. The van der Waals surface area contributed by atoms with Crippen LogP contribution in [0.3, 0.4) is 0 Å². The fourth-order valence-corrected chi connectivity index (χ4v) is 2.87. The molecule has 0 saturated carbocycles. The zero-order valence-electron chi connectivity index (χ0n) is 11.3. The van der Waals surface area contributed by atoms with E-state index in [0.29, 0.717) is 6.61 Å². The van der Waals surface area contributed by atoms with Crippen molar-refractivity contribution in [2.45, 2.75) is 13.5 Å². The van der Waals surface area contributed by atoms with Crippen molar-refractivity contribution in [3.05, 3.63) is 54.1 Å². The Morgan fingerprint density at radius 2 is 2.05 bits per heavy atom. The van der Waals surface area contributed by atoms with Gasteiger partial charge in [-0.2, -0.15) is 4.37 Å². The lowest BCUT2D eigenvalue weighted by molar-refractivity contribution is 0.340. The molecule has 0 aliphatic carbocycles. The number of hydrogen-bond donors (Lipinski definition) is 1. The van der Waals surface area contributed by atoms with Gasteiger partial charge in [0.2, 0.25) is 0 Å². The van der Waals surface area contributed by atoms with E-state index in [1.54, 1.807) is 0 Å². The molecule has 0 unspecified atom stereocenters. The zero-order valence-corrected chi connectivity index (χ0v) is 12.1. The summed E-state index contributed by atoms with van der Waals surface area (Å²) in [6.45, 7) is 3.46. The van der Waals surface area contributed by atoms with Crippen LogP contribution in [-0.4, -0.2) is 11.0 Å². The van der Waals surface area contributed by atoms with E-state index in [-0.39, 0.29) is 0 Å². The number of rotatable bonds is 5. The van der Waals surface area contributed by atoms with E-state index in [2.05, 4.69) is 27.9 Å². The molecular formula is C16H16N2OS. The molecular weight excluding hydrogens is 268 g/mol. The summed E-state index contributed by atoms with van der Waals surface area (Å²) in [5, 5.41) is 5.75. The number of aromatic nitrogens is 1. The molecule has 0 radical (unpaired) electrons. The van der Waals surface area contributed by atoms with E-state index in [0.717, 1.165) is 22.8 Å². The van der Waals surface area contributed by atoms with Crippen molar-refractivity contribution in [2.24, 2.45) is 0 Å². The predicted octanol–water partition coefficient (Wildman–Crippen LogP) is 4.31. The molecule has 0 aliphatic heterocycles. The summed E-state index contributed by atoms with van der Waals surface area (Å²) in [5.74, 6) is 0.918. The molecule has 0 aliphatic rings. The highest BCUT2D eigenvalue weighted by molar-refractivity contribution is 7.11. The SMILES string of the molecule is CCOc1cccc(CNc2snc3ccccc23)c1. The molecule has 0 spiro atoms. The Bertz CT molecular complexity index is 708. The topological polar surface area (TPSA) is 34.1 Å². The summed E-state index contributed by atoms with van der Waals surface area (Å²) in [5.41, 5.74) is 2.25. The third-order valence-electron chi connectivity index (χ3n) is 3.05. The molecule has 102 valence electrons. The second kappa shape index (κ2) is 5.92. The second-order valence-corrected chi connectivity index (χ2v) is 5.24. The van der Waals surface area contributed by atoms with Gasteiger partial charge in [0, 0.05) is 11.9 Å². The van der Waals surface area contributed by atoms with Crippen LogP contribution in [0.2, 0.25) is 0 Å². The van der Waals surface area contributed by atoms with E-state index in [9.17, 15) is 0 Å². The van der Waals surface area contributed by atoms with Crippen LogP contribution in [0.15, 0.2) is 48.5 Å². The lowest BCUT2D eigenvalue weighted by Crippen LogP contribution is -1.99. The summed E-state index contributed by atoms with van der Waals surface area (Å²) in [6, 6.07) is 16.3. The number of fused-ring (bicyclic) bond motifs is 1. The first kappa shape index (κ1) is 12.9. The number of nitrogens with one attached hydrogen (secondary N) is 1. The molecule has 0 amide bonds. The summed E-state index contributed by atoms with van der Waals surface area (Å²) >= 11 is 1.50. The van der Waals surface area contributed by atoms with E-state index in [4.69, 9.17) is 4.74 Å². The first-order valence-electron chi connectivity index (χ1n) is 6.67. The van der Waals surface area contributed by atoms with Gasteiger partial charge in [-0.25, -0.2) is 0 Å². The fraction of sp³-hybridized carbons (Fsp3) is 0.188. The summed E-state index contributed by atoms with van der Waals surface area (Å²) < 4.78 is 9.95. The van der Waals surface area contributed by atoms with Crippen LogP contribution in [0.1, 0.15) is 12.5 Å². The number of nitrogens with zero attached hydrogens (tertiary/aromatic N) is 1. The second-order valence-electron chi connectivity index (χ2n) is 4.46. The maximum absolute atomic E-state index is 5.52. The van der Waals surface area contributed by atoms with Crippen molar-refractivity contribution in [3.63, 3.8) is 0 Å². The lowest BCUT2D eigenvalue weighted by Gasteiger charge is -2.07. The highest BCUT2D eigenvalue weighted by Gasteiger charge is 2.04. The molecule has 0 atom stereocenters. The van der Waals surface area contributed by atoms with Gasteiger partial charge in [0.05, 0.1) is 12.1 Å². The van der Waals surface area contributed by atoms with Crippen LogP contribution in [-0.2, 0) is 6.54 Å². The average Bonchev–Trinajstić information content (AvgIpc) is 2.89. The Morgan fingerprint density at radius 1 is 1.15 bits per heavy atom. The van der Waals surface area contributed by atoms with Crippen molar-refractivity contribution in [1.82, 2.24) is 4.37 Å². The maximum Gasteiger partial charge on any atom is 0.119 e. The molecule has 1 heterocycles. The van der Waals surface area contributed by atoms with Crippen LogP contribution in [0.25, 0.3) is 10.9 Å². The van der Waals surface area contributed by atoms with Gasteiger partial charge in [-0.05, 0) is 48.3 Å². The minimum Gasteiger partial charge on any atom is -0.494 e. The molecule has 3 aromatic rings. The van der Waals surface area contributed by atoms with Crippen molar-refractivity contribution >= 4 is 27.4 Å². The number of ether oxygens (including phenoxy) is 1. The standard InChI is InChI=1S/C16H16N2OS/c1-2-19-13-7-5-6-12(10-13)11-17-16-14-8-3-4-9-15(14)18-20-16/h3-10,17H,2,11H2,1H3. The van der Waals surface area contributed by atoms with E-state index >= 15 is 0 Å². The van der Waals surface area contributed by atoms with Crippen molar-refractivity contribution < 1.29 is 4.74 Å². The van der Waals surface area contributed by atoms with Gasteiger partial charge in [0.1, 0.15) is 10.8 Å². The first-order chi connectivity index (χ1) is 9.86. The predicted molar refractivity (Wildman–Crippen MR) is 84.6 cm³/mol. The Hall–Kier alpha value is -2.07. The zero-order chi connectivity index (χ0) is 13.8. The minimum atomic E-state index is 0.691. The summed E-state index contributed by atoms with van der Waals surface area (Å²) in [4.78, 5) is 0. The van der Waals surface area contributed by atoms with Crippen molar-refractivity contribution in [3.8, 4) is 5.75 Å². The normalized spacial score (nSPS) is 10.7. The monoisotopic (exact) mass is 284 g/mol. The van der Waals surface area contributed by atoms with Crippen LogP contribution < -0.4 is 10.1 Å². The van der Waals surface area contributed by atoms with Crippen LogP contribution >= 0.6 is 11.5 Å². The van der Waals surface area contributed by atoms with Gasteiger partial charge in [-0.3, -0.25) is 0 Å². The largest absolute Gasteiger partial charge is 0.494 e. The Balaban J connectivity index is 1.74. The molecule has 20 heavy (non-hydrogen) atoms. The van der Waals surface area contributed by atoms with Crippen molar-refractivity contribution in [1.29, 1.82) is 0 Å².